The second kappa shape index (κ2) is 5.18. The normalized spacial score (nSPS) is 29.0. The molecule has 0 aliphatic heterocycles. The van der Waals surface area contributed by atoms with Crippen LogP contribution in [-0.4, -0.2) is 10.8 Å². The zero-order valence-electron chi connectivity index (χ0n) is 10.3. The van der Waals surface area contributed by atoms with Gasteiger partial charge in [-0.05, 0) is 43.2 Å². The predicted molar refractivity (Wildman–Crippen MR) is 69.2 cm³/mol. The van der Waals surface area contributed by atoms with Gasteiger partial charge in [0.2, 0.25) is 0 Å². The molecule has 1 saturated carbocycles. The van der Waals surface area contributed by atoms with Crippen molar-refractivity contribution in [2.75, 3.05) is 0 Å². The third-order valence-electron chi connectivity index (χ3n) is 3.96. The summed E-state index contributed by atoms with van der Waals surface area (Å²) in [7, 11) is 0. The highest BCUT2D eigenvalue weighted by molar-refractivity contribution is 6.33. The molecule has 92 valence electrons. The summed E-state index contributed by atoms with van der Waals surface area (Å²) >= 11 is 6.02. The molecule has 2 nitrogen and oxygen atoms in total. The lowest BCUT2D eigenvalue weighted by molar-refractivity contribution is 0.0832. The molecule has 0 amide bonds. The van der Waals surface area contributed by atoms with E-state index in [2.05, 4.69) is 18.8 Å². The maximum Gasteiger partial charge on any atom is 0.185 e. The van der Waals surface area contributed by atoms with Crippen molar-refractivity contribution in [3.63, 3.8) is 0 Å². The molecule has 3 unspecified atom stereocenters. The van der Waals surface area contributed by atoms with Crippen LogP contribution in [0.3, 0.4) is 0 Å². The number of Topliss-reactive ketones (excluding diaryl/α,β-unsaturated/α-hetero) is 1. The van der Waals surface area contributed by atoms with E-state index in [1.165, 1.54) is 0 Å². The van der Waals surface area contributed by atoms with Crippen LogP contribution < -0.4 is 0 Å². The molecule has 0 bridgehead atoms. The molecule has 0 aromatic carbocycles. The Morgan fingerprint density at radius 1 is 1.35 bits per heavy atom. The Morgan fingerprint density at radius 2 is 2.12 bits per heavy atom. The van der Waals surface area contributed by atoms with Crippen LogP contribution in [-0.2, 0) is 0 Å². The van der Waals surface area contributed by atoms with Crippen LogP contribution in [0.2, 0.25) is 5.02 Å². The lowest BCUT2D eigenvalue weighted by atomic mass is 9.74. The van der Waals surface area contributed by atoms with E-state index in [0.29, 0.717) is 16.6 Å². The Bertz CT molecular complexity index is 418. The van der Waals surface area contributed by atoms with Crippen LogP contribution in [0.15, 0.2) is 18.3 Å². The average Bonchev–Trinajstić information content (AvgIpc) is 2.32. The molecule has 1 aliphatic carbocycles. The number of hydrogen-bond donors (Lipinski definition) is 0. The highest BCUT2D eigenvalue weighted by Crippen LogP contribution is 2.35. The third kappa shape index (κ3) is 2.68. The Morgan fingerprint density at radius 3 is 2.76 bits per heavy atom. The topological polar surface area (TPSA) is 30.0 Å². The Kier molecular flexibility index (Phi) is 3.82. The largest absolute Gasteiger partial charge is 0.292 e. The molecule has 1 fully saturated rings. The summed E-state index contributed by atoms with van der Waals surface area (Å²) in [6, 6.07) is 3.49. The third-order valence-corrected chi connectivity index (χ3v) is 4.27. The van der Waals surface area contributed by atoms with Gasteiger partial charge >= 0.3 is 0 Å². The molecule has 0 saturated heterocycles. The minimum absolute atomic E-state index is 0.105. The summed E-state index contributed by atoms with van der Waals surface area (Å²) < 4.78 is 0. The van der Waals surface area contributed by atoms with Crippen molar-refractivity contribution in [1.82, 2.24) is 4.98 Å². The number of halogens is 1. The highest BCUT2D eigenvalue weighted by Gasteiger charge is 2.30. The second-order valence-corrected chi connectivity index (χ2v) is 5.57. The summed E-state index contributed by atoms with van der Waals surface area (Å²) in [6.07, 6.45) is 4.69. The van der Waals surface area contributed by atoms with Crippen molar-refractivity contribution in [2.45, 2.75) is 33.1 Å². The lowest BCUT2D eigenvalue weighted by Gasteiger charge is -2.31. The SMILES string of the molecule is CC1CCC(C(=O)c2ncccc2Cl)CC1C. The predicted octanol–water partition coefficient (Wildman–Crippen LogP) is 3.99. The number of pyridine rings is 1. The molecule has 1 aliphatic rings. The number of ketones is 1. The van der Waals surface area contributed by atoms with Gasteiger partial charge in [0.15, 0.2) is 5.78 Å². The zero-order valence-corrected chi connectivity index (χ0v) is 11.1. The van der Waals surface area contributed by atoms with Crippen LogP contribution in [0.5, 0.6) is 0 Å². The molecule has 1 aromatic heterocycles. The minimum Gasteiger partial charge on any atom is -0.292 e. The first-order valence-corrected chi connectivity index (χ1v) is 6.62. The number of hydrogen-bond acceptors (Lipinski definition) is 2. The number of carbonyl (C=O) groups excluding carboxylic acids is 1. The summed E-state index contributed by atoms with van der Waals surface area (Å²) in [5, 5.41) is 0.476. The molecular weight excluding hydrogens is 234 g/mol. The minimum atomic E-state index is 0.105. The average molecular weight is 252 g/mol. The fraction of sp³-hybridized carbons (Fsp3) is 0.571. The Hall–Kier alpha value is -0.890. The van der Waals surface area contributed by atoms with E-state index in [1.807, 2.05) is 0 Å². The lowest BCUT2D eigenvalue weighted by Crippen LogP contribution is -2.27. The first kappa shape index (κ1) is 12.6. The van der Waals surface area contributed by atoms with E-state index in [0.717, 1.165) is 25.2 Å². The summed E-state index contributed by atoms with van der Waals surface area (Å²) in [6.45, 7) is 4.49. The van der Waals surface area contributed by atoms with Gasteiger partial charge in [-0.25, -0.2) is 0 Å². The molecule has 2 rings (SSSR count). The van der Waals surface area contributed by atoms with Crippen LogP contribution in [0.1, 0.15) is 43.6 Å². The standard InChI is InChI=1S/C14H18ClNO/c1-9-5-6-11(8-10(9)2)14(17)13-12(15)4-3-7-16-13/h3-4,7,9-11H,5-6,8H2,1-2H3. The van der Waals surface area contributed by atoms with Crippen molar-refractivity contribution in [3.8, 4) is 0 Å². The molecule has 1 heterocycles. The van der Waals surface area contributed by atoms with Gasteiger partial charge in [-0.3, -0.25) is 9.78 Å². The molecule has 3 atom stereocenters. The van der Waals surface area contributed by atoms with Gasteiger partial charge in [-0.1, -0.05) is 25.4 Å². The van der Waals surface area contributed by atoms with E-state index in [9.17, 15) is 4.79 Å². The van der Waals surface area contributed by atoms with Gasteiger partial charge in [-0.2, -0.15) is 0 Å². The summed E-state index contributed by atoms with van der Waals surface area (Å²) in [4.78, 5) is 16.4. The van der Waals surface area contributed by atoms with E-state index in [1.54, 1.807) is 18.3 Å². The van der Waals surface area contributed by atoms with Crippen molar-refractivity contribution in [3.05, 3.63) is 29.0 Å². The maximum absolute atomic E-state index is 12.3. The number of rotatable bonds is 2. The van der Waals surface area contributed by atoms with Crippen LogP contribution in [0, 0.1) is 17.8 Å². The van der Waals surface area contributed by atoms with Crippen LogP contribution in [0.25, 0.3) is 0 Å². The van der Waals surface area contributed by atoms with Gasteiger partial charge in [0, 0.05) is 12.1 Å². The van der Waals surface area contributed by atoms with Crippen molar-refractivity contribution in [2.24, 2.45) is 17.8 Å². The fourth-order valence-corrected chi connectivity index (χ4v) is 2.76. The second-order valence-electron chi connectivity index (χ2n) is 5.16. The van der Waals surface area contributed by atoms with Gasteiger partial charge in [0.1, 0.15) is 5.69 Å². The maximum atomic E-state index is 12.3. The van der Waals surface area contributed by atoms with E-state index >= 15 is 0 Å². The molecule has 0 radical (unpaired) electrons. The number of carbonyl (C=O) groups is 1. The summed E-state index contributed by atoms with van der Waals surface area (Å²) in [5.74, 6) is 1.56. The highest BCUT2D eigenvalue weighted by atomic mass is 35.5. The Balaban J connectivity index is 2.14. The van der Waals surface area contributed by atoms with Gasteiger partial charge in [-0.15, -0.1) is 0 Å². The van der Waals surface area contributed by atoms with Crippen molar-refractivity contribution < 1.29 is 4.79 Å². The molecule has 0 spiro atoms. The summed E-state index contributed by atoms with van der Waals surface area (Å²) in [5.41, 5.74) is 0.445. The molecule has 0 N–H and O–H groups in total. The smallest absolute Gasteiger partial charge is 0.185 e. The van der Waals surface area contributed by atoms with Gasteiger partial charge in [0.05, 0.1) is 5.02 Å². The van der Waals surface area contributed by atoms with Crippen LogP contribution >= 0.6 is 11.6 Å². The molecule has 17 heavy (non-hydrogen) atoms. The van der Waals surface area contributed by atoms with Crippen LogP contribution in [0.4, 0.5) is 0 Å². The van der Waals surface area contributed by atoms with E-state index in [-0.39, 0.29) is 11.7 Å². The van der Waals surface area contributed by atoms with Crippen molar-refractivity contribution >= 4 is 17.4 Å². The van der Waals surface area contributed by atoms with Gasteiger partial charge in [0.25, 0.3) is 0 Å². The molecule has 3 heteroatoms. The zero-order chi connectivity index (χ0) is 12.4. The quantitative estimate of drug-likeness (QED) is 0.744. The Labute approximate surface area is 107 Å². The van der Waals surface area contributed by atoms with Crippen molar-refractivity contribution in [1.29, 1.82) is 0 Å². The number of nitrogens with zero attached hydrogens (tertiary/aromatic N) is 1. The monoisotopic (exact) mass is 251 g/mol. The van der Waals surface area contributed by atoms with E-state index in [4.69, 9.17) is 11.6 Å². The van der Waals surface area contributed by atoms with E-state index < -0.39 is 0 Å². The fourth-order valence-electron chi connectivity index (χ4n) is 2.55. The first-order chi connectivity index (χ1) is 8.09. The molecular formula is C14H18ClNO. The first-order valence-electron chi connectivity index (χ1n) is 6.24. The van der Waals surface area contributed by atoms with Gasteiger partial charge < -0.3 is 0 Å². The molecule has 1 aromatic rings. The number of aromatic nitrogens is 1.